The van der Waals surface area contributed by atoms with E-state index in [9.17, 15) is 0 Å². The molecule has 0 bridgehead atoms. The van der Waals surface area contributed by atoms with Crippen LogP contribution in [0.15, 0.2) is 23.4 Å². The van der Waals surface area contributed by atoms with E-state index in [4.69, 9.17) is 11.6 Å². The molecule has 0 saturated heterocycles. The Morgan fingerprint density at radius 1 is 1.50 bits per heavy atom. The molecule has 1 aliphatic carbocycles. The standard InChI is InChI=1S/C14H21ClN2S/c1-4-16-13-11(7-8-14(13,2)3)18-12-6-5-10(15)9-17-12/h5-6,9,11,13,16H,4,7-8H2,1-3H3. The van der Waals surface area contributed by atoms with Gasteiger partial charge in [-0.3, -0.25) is 0 Å². The molecule has 0 radical (unpaired) electrons. The van der Waals surface area contributed by atoms with Gasteiger partial charge >= 0.3 is 0 Å². The van der Waals surface area contributed by atoms with Crippen LogP contribution in [0, 0.1) is 5.41 Å². The number of aromatic nitrogens is 1. The van der Waals surface area contributed by atoms with Gasteiger partial charge in [-0.15, -0.1) is 11.8 Å². The number of nitrogens with one attached hydrogen (secondary N) is 1. The number of hydrogen-bond donors (Lipinski definition) is 1. The van der Waals surface area contributed by atoms with Gasteiger partial charge in [0.25, 0.3) is 0 Å². The van der Waals surface area contributed by atoms with Gasteiger partial charge in [0.2, 0.25) is 0 Å². The van der Waals surface area contributed by atoms with Crippen molar-refractivity contribution in [3.8, 4) is 0 Å². The average molecular weight is 285 g/mol. The Labute approximate surface area is 119 Å². The van der Waals surface area contributed by atoms with Crippen molar-refractivity contribution in [1.82, 2.24) is 10.3 Å². The first-order valence-corrected chi connectivity index (χ1v) is 7.80. The van der Waals surface area contributed by atoms with Crippen molar-refractivity contribution in [1.29, 1.82) is 0 Å². The van der Waals surface area contributed by atoms with Crippen molar-refractivity contribution < 1.29 is 0 Å². The van der Waals surface area contributed by atoms with Gasteiger partial charge < -0.3 is 5.32 Å². The highest BCUT2D eigenvalue weighted by molar-refractivity contribution is 7.99. The lowest BCUT2D eigenvalue weighted by Gasteiger charge is -2.31. The lowest BCUT2D eigenvalue weighted by atomic mass is 9.87. The third-order valence-corrected chi connectivity index (χ3v) is 5.20. The first kappa shape index (κ1) is 14.2. The Balaban J connectivity index is 2.06. The summed E-state index contributed by atoms with van der Waals surface area (Å²) in [4.78, 5) is 4.39. The number of thioether (sulfide) groups is 1. The molecule has 2 rings (SSSR count). The summed E-state index contributed by atoms with van der Waals surface area (Å²) in [6.07, 6.45) is 4.25. The summed E-state index contributed by atoms with van der Waals surface area (Å²) in [5, 5.41) is 6.02. The zero-order valence-corrected chi connectivity index (χ0v) is 12.8. The third-order valence-electron chi connectivity index (χ3n) is 3.68. The summed E-state index contributed by atoms with van der Waals surface area (Å²) in [6, 6.07) is 4.49. The average Bonchev–Trinajstić information content (AvgIpc) is 2.60. The molecule has 0 amide bonds. The quantitative estimate of drug-likeness (QED) is 0.905. The van der Waals surface area contributed by atoms with Crippen LogP contribution in [0.4, 0.5) is 0 Å². The number of nitrogens with zero attached hydrogens (tertiary/aromatic N) is 1. The van der Waals surface area contributed by atoms with Crippen LogP contribution in [0.3, 0.4) is 0 Å². The molecule has 0 aromatic carbocycles. The van der Waals surface area contributed by atoms with Crippen molar-refractivity contribution in [2.24, 2.45) is 5.41 Å². The predicted molar refractivity (Wildman–Crippen MR) is 79.4 cm³/mol. The first-order chi connectivity index (χ1) is 8.53. The minimum atomic E-state index is 0.375. The van der Waals surface area contributed by atoms with Crippen molar-refractivity contribution in [2.75, 3.05) is 6.54 Å². The van der Waals surface area contributed by atoms with E-state index in [1.807, 2.05) is 23.9 Å². The van der Waals surface area contributed by atoms with Crippen LogP contribution in [0.2, 0.25) is 5.02 Å². The largest absolute Gasteiger partial charge is 0.313 e. The summed E-state index contributed by atoms with van der Waals surface area (Å²) in [7, 11) is 0. The first-order valence-electron chi connectivity index (χ1n) is 6.54. The molecule has 1 fully saturated rings. The van der Waals surface area contributed by atoms with E-state index >= 15 is 0 Å². The monoisotopic (exact) mass is 284 g/mol. The van der Waals surface area contributed by atoms with E-state index in [0.717, 1.165) is 11.6 Å². The van der Waals surface area contributed by atoms with Gasteiger partial charge in [0.1, 0.15) is 0 Å². The summed E-state index contributed by atoms with van der Waals surface area (Å²) in [6.45, 7) is 7.92. The SMILES string of the molecule is CCNC1C(Sc2ccc(Cl)cn2)CCC1(C)C. The van der Waals surface area contributed by atoms with Gasteiger partial charge in [0, 0.05) is 17.5 Å². The van der Waals surface area contributed by atoms with Crippen LogP contribution < -0.4 is 5.32 Å². The Hall–Kier alpha value is -0.250. The molecule has 1 saturated carbocycles. The van der Waals surface area contributed by atoms with Crippen molar-refractivity contribution >= 4 is 23.4 Å². The van der Waals surface area contributed by atoms with Crippen LogP contribution in [0.1, 0.15) is 33.6 Å². The summed E-state index contributed by atoms with van der Waals surface area (Å²) >= 11 is 7.75. The molecule has 2 nitrogen and oxygen atoms in total. The number of halogens is 1. The molecular weight excluding hydrogens is 264 g/mol. The van der Waals surface area contributed by atoms with E-state index in [1.54, 1.807) is 6.20 Å². The smallest absolute Gasteiger partial charge is 0.0964 e. The van der Waals surface area contributed by atoms with E-state index in [0.29, 0.717) is 21.7 Å². The summed E-state index contributed by atoms with van der Waals surface area (Å²) < 4.78 is 0. The number of rotatable bonds is 4. The summed E-state index contributed by atoms with van der Waals surface area (Å²) in [5.41, 5.74) is 0.375. The van der Waals surface area contributed by atoms with Crippen molar-refractivity contribution in [3.63, 3.8) is 0 Å². The summed E-state index contributed by atoms with van der Waals surface area (Å²) in [5.74, 6) is 0. The van der Waals surface area contributed by atoms with Gasteiger partial charge in [-0.2, -0.15) is 0 Å². The molecule has 1 N–H and O–H groups in total. The molecule has 4 heteroatoms. The van der Waals surface area contributed by atoms with E-state index in [-0.39, 0.29) is 0 Å². The predicted octanol–water partition coefficient (Wildman–Crippen LogP) is 3.99. The maximum absolute atomic E-state index is 5.87. The fourth-order valence-corrected chi connectivity index (χ4v) is 4.20. The van der Waals surface area contributed by atoms with E-state index in [2.05, 4.69) is 31.1 Å². The Bertz CT molecular complexity index is 391. The minimum absolute atomic E-state index is 0.375. The molecule has 1 heterocycles. The lowest BCUT2D eigenvalue weighted by Crippen LogP contribution is -2.43. The van der Waals surface area contributed by atoms with E-state index < -0.39 is 0 Å². The fourth-order valence-electron chi connectivity index (χ4n) is 2.68. The van der Waals surface area contributed by atoms with Crippen molar-refractivity contribution in [2.45, 2.75) is 49.9 Å². The van der Waals surface area contributed by atoms with E-state index in [1.165, 1.54) is 12.8 Å². The van der Waals surface area contributed by atoms with Gasteiger partial charge in [-0.1, -0.05) is 32.4 Å². The third kappa shape index (κ3) is 3.19. The van der Waals surface area contributed by atoms with Crippen LogP contribution >= 0.6 is 23.4 Å². The zero-order valence-electron chi connectivity index (χ0n) is 11.2. The molecule has 100 valence electrons. The second-order valence-electron chi connectivity index (χ2n) is 5.53. The lowest BCUT2D eigenvalue weighted by molar-refractivity contribution is 0.290. The molecule has 2 atom stereocenters. The highest BCUT2D eigenvalue weighted by Gasteiger charge is 2.41. The molecule has 0 spiro atoms. The minimum Gasteiger partial charge on any atom is -0.313 e. The normalized spacial score (nSPS) is 26.4. The zero-order chi connectivity index (χ0) is 13.2. The molecule has 1 aliphatic rings. The highest BCUT2D eigenvalue weighted by atomic mass is 35.5. The Kier molecular flexibility index (Phi) is 4.57. The fraction of sp³-hybridized carbons (Fsp3) is 0.643. The topological polar surface area (TPSA) is 24.9 Å². The van der Waals surface area contributed by atoms with Gasteiger partial charge in [-0.05, 0) is 36.9 Å². The molecule has 18 heavy (non-hydrogen) atoms. The molecule has 1 aromatic heterocycles. The van der Waals surface area contributed by atoms with Crippen LogP contribution in [-0.4, -0.2) is 22.8 Å². The van der Waals surface area contributed by atoms with Crippen molar-refractivity contribution in [3.05, 3.63) is 23.4 Å². The molecule has 0 aliphatic heterocycles. The molecule has 2 unspecified atom stereocenters. The molecule has 1 aromatic rings. The van der Waals surface area contributed by atoms with Gasteiger partial charge in [-0.25, -0.2) is 4.98 Å². The molecular formula is C14H21ClN2S. The maximum Gasteiger partial charge on any atom is 0.0964 e. The Morgan fingerprint density at radius 2 is 2.28 bits per heavy atom. The van der Waals surface area contributed by atoms with Crippen LogP contribution in [-0.2, 0) is 0 Å². The Morgan fingerprint density at radius 3 is 2.89 bits per heavy atom. The number of hydrogen-bond acceptors (Lipinski definition) is 3. The van der Waals surface area contributed by atoms with Gasteiger partial charge in [0.15, 0.2) is 0 Å². The van der Waals surface area contributed by atoms with Crippen LogP contribution in [0.5, 0.6) is 0 Å². The maximum atomic E-state index is 5.87. The second-order valence-corrected chi connectivity index (χ2v) is 7.23. The van der Waals surface area contributed by atoms with Gasteiger partial charge in [0.05, 0.1) is 10.0 Å². The van der Waals surface area contributed by atoms with Crippen LogP contribution in [0.25, 0.3) is 0 Å². The number of pyridine rings is 1. The second kappa shape index (κ2) is 5.81. The highest BCUT2D eigenvalue weighted by Crippen LogP contribution is 2.44.